The first-order valence-corrected chi connectivity index (χ1v) is 5.27. The van der Waals surface area contributed by atoms with Gasteiger partial charge in [-0.2, -0.15) is 0 Å². The van der Waals surface area contributed by atoms with E-state index in [9.17, 15) is 9.59 Å². The molecule has 1 aromatic rings. The molecular weight excluding hydrogens is 226 g/mol. The first-order valence-electron chi connectivity index (χ1n) is 4.82. The highest BCUT2D eigenvalue weighted by atomic mass is 32.1. The molecule has 0 saturated heterocycles. The monoisotopic (exact) mass is 239 g/mol. The third-order valence-electron chi connectivity index (χ3n) is 1.92. The fourth-order valence-corrected chi connectivity index (χ4v) is 1.41. The molecule has 0 aliphatic heterocycles. The Bertz CT molecular complexity index is 418. The number of hydrogen-bond donors (Lipinski definition) is 2. The van der Waals surface area contributed by atoms with Crippen molar-refractivity contribution in [2.24, 2.45) is 0 Å². The molecule has 0 unspecified atom stereocenters. The number of anilines is 1. The Kier molecular flexibility index (Phi) is 4.37. The van der Waals surface area contributed by atoms with Crippen LogP contribution >= 0.6 is 12.6 Å². The molecule has 4 nitrogen and oxygen atoms in total. The van der Waals surface area contributed by atoms with Crippen molar-refractivity contribution in [2.45, 2.75) is 13.8 Å². The van der Waals surface area contributed by atoms with E-state index in [0.717, 1.165) is 5.56 Å². The minimum absolute atomic E-state index is 0.280. The summed E-state index contributed by atoms with van der Waals surface area (Å²) in [6, 6.07) is 5.11. The average molecular weight is 239 g/mol. The van der Waals surface area contributed by atoms with E-state index in [-0.39, 0.29) is 6.61 Å². The van der Waals surface area contributed by atoms with Gasteiger partial charge in [0, 0.05) is 0 Å². The molecule has 0 radical (unpaired) electrons. The van der Waals surface area contributed by atoms with Gasteiger partial charge in [-0.15, -0.1) is 12.6 Å². The highest BCUT2D eigenvalue weighted by Gasteiger charge is 2.11. The predicted octanol–water partition coefficient (Wildman–Crippen LogP) is 2.63. The van der Waals surface area contributed by atoms with E-state index in [2.05, 4.69) is 17.9 Å². The summed E-state index contributed by atoms with van der Waals surface area (Å²) >= 11 is 3.75. The molecular formula is C11H13NO3S. The van der Waals surface area contributed by atoms with Gasteiger partial charge in [-0.25, -0.2) is 4.79 Å². The molecule has 0 aromatic heterocycles. The minimum atomic E-state index is -0.581. The third kappa shape index (κ3) is 3.27. The Hall–Kier alpha value is -1.49. The molecule has 16 heavy (non-hydrogen) atoms. The summed E-state index contributed by atoms with van der Waals surface area (Å²) in [6.07, 6.45) is -0.581. The van der Waals surface area contributed by atoms with Gasteiger partial charge in [0.15, 0.2) is 0 Å². The topological polar surface area (TPSA) is 55.4 Å². The Morgan fingerprint density at radius 3 is 2.69 bits per heavy atom. The average Bonchev–Trinajstić information content (AvgIpc) is 2.20. The standard InChI is InChI=1S/C11H13NO3S/c1-3-15-11(14)12-9-5-4-7(2)6-8(9)10(13)16/h4-6H,3H2,1-2H3,(H,12,14)(H,13,16). The van der Waals surface area contributed by atoms with Crippen LogP contribution in [-0.2, 0) is 4.74 Å². The van der Waals surface area contributed by atoms with Crippen molar-refractivity contribution >= 4 is 29.5 Å². The second kappa shape index (κ2) is 5.55. The normalized spacial score (nSPS) is 9.69. The van der Waals surface area contributed by atoms with E-state index < -0.39 is 11.2 Å². The van der Waals surface area contributed by atoms with Gasteiger partial charge in [-0.3, -0.25) is 10.1 Å². The fourth-order valence-electron chi connectivity index (χ4n) is 1.22. The molecule has 0 spiro atoms. The quantitative estimate of drug-likeness (QED) is 0.797. The summed E-state index contributed by atoms with van der Waals surface area (Å²) in [7, 11) is 0. The van der Waals surface area contributed by atoms with Crippen LogP contribution in [-0.4, -0.2) is 17.8 Å². The minimum Gasteiger partial charge on any atom is -0.450 e. The Balaban J connectivity index is 2.95. The first kappa shape index (κ1) is 12.6. The summed E-state index contributed by atoms with van der Waals surface area (Å²) in [6.45, 7) is 3.84. The largest absolute Gasteiger partial charge is 0.450 e. The first-order chi connectivity index (χ1) is 7.54. The Morgan fingerprint density at radius 1 is 1.44 bits per heavy atom. The molecule has 1 aromatic carbocycles. The molecule has 0 aliphatic carbocycles. The van der Waals surface area contributed by atoms with E-state index >= 15 is 0 Å². The van der Waals surface area contributed by atoms with E-state index in [4.69, 9.17) is 4.74 Å². The van der Waals surface area contributed by atoms with Gasteiger partial charge in [0.2, 0.25) is 5.12 Å². The van der Waals surface area contributed by atoms with E-state index in [1.54, 1.807) is 25.1 Å². The van der Waals surface area contributed by atoms with E-state index in [1.165, 1.54) is 0 Å². The number of carbonyl (C=O) groups excluding carboxylic acids is 2. The number of benzene rings is 1. The van der Waals surface area contributed by atoms with Crippen LogP contribution in [0.15, 0.2) is 18.2 Å². The zero-order valence-electron chi connectivity index (χ0n) is 9.11. The molecule has 1 amide bonds. The van der Waals surface area contributed by atoms with E-state index in [0.29, 0.717) is 11.3 Å². The van der Waals surface area contributed by atoms with Crippen molar-refractivity contribution < 1.29 is 14.3 Å². The van der Waals surface area contributed by atoms with E-state index in [1.807, 2.05) is 6.92 Å². The van der Waals surface area contributed by atoms with Crippen LogP contribution < -0.4 is 5.32 Å². The van der Waals surface area contributed by atoms with Crippen molar-refractivity contribution in [1.82, 2.24) is 0 Å². The van der Waals surface area contributed by atoms with Crippen LogP contribution in [0, 0.1) is 6.92 Å². The molecule has 0 heterocycles. The highest BCUT2D eigenvalue weighted by molar-refractivity contribution is 7.97. The number of nitrogens with one attached hydrogen (secondary N) is 1. The lowest BCUT2D eigenvalue weighted by atomic mass is 10.1. The Morgan fingerprint density at radius 2 is 2.12 bits per heavy atom. The molecule has 0 aliphatic rings. The lowest BCUT2D eigenvalue weighted by Gasteiger charge is -2.09. The molecule has 0 bridgehead atoms. The maximum absolute atomic E-state index is 11.2. The maximum atomic E-state index is 11.2. The number of rotatable bonds is 3. The number of amides is 1. The molecule has 1 N–H and O–H groups in total. The number of ether oxygens (including phenoxy) is 1. The summed E-state index contributed by atoms with van der Waals surface area (Å²) in [4.78, 5) is 22.4. The molecule has 0 fully saturated rings. The second-order valence-corrected chi connectivity index (χ2v) is 3.61. The highest BCUT2D eigenvalue weighted by Crippen LogP contribution is 2.19. The number of thiol groups is 1. The SMILES string of the molecule is CCOC(=O)Nc1ccc(C)cc1C(=O)S. The van der Waals surface area contributed by atoms with Crippen molar-refractivity contribution in [3.8, 4) is 0 Å². The van der Waals surface area contributed by atoms with Gasteiger partial charge in [0.25, 0.3) is 0 Å². The third-order valence-corrected chi connectivity index (χ3v) is 2.16. The Labute approximate surface area is 99.4 Å². The van der Waals surface area contributed by atoms with Gasteiger partial charge in [0.05, 0.1) is 17.9 Å². The summed E-state index contributed by atoms with van der Waals surface area (Å²) in [5.41, 5.74) is 1.69. The van der Waals surface area contributed by atoms with Crippen LogP contribution in [0.5, 0.6) is 0 Å². The van der Waals surface area contributed by atoms with Crippen molar-refractivity contribution in [3.63, 3.8) is 0 Å². The van der Waals surface area contributed by atoms with Gasteiger partial charge >= 0.3 is 6.09 Å². The van der Waals surface area contributed by atoms with Crippen LogP contribution in [0.4, 0.5) is 10.5 Å². The lowest BCUT2D eigenvalue weighted by molar-refractivity contribution is 0.109. The van der Waals surface area contributed by atoms with Crippen molar-refractivity contribution in [1.29, 1.82) is 0 Å². The van der Waals surface area contributed by atoms with Crippen molar-refractivity contribution in [3.05, 3.63) is 29.3 Å². The second-order valence-electron chi connectivity index (χ2n) is 3.20. The van der Waals surface area contributed by atoms with Crippen molar-refractivity contribution in [2.75, 3.05) is 11.9 Å². The molecule has 86 valence electrons. The predicted molar refractivity (Wildman–Crippen MR) is 65.1 cm³/mol. The molecule has 1 rings (SSSR count). The zero-order valence-corrected chi connectivity index (χ0v) is 10.0. The fraction of sp³-hybridized carbons (Fsp3) is 0.273. The maximum Gasteiger partial charge on any atom is 0.411 e. The molecule has 5 heteroatoms. The van der Waals surface area contributed by atoms with Crippen LogP contribution in [0.25, 0.3) is 0 Å². The number of carbonyl (C=O) groups is 2. The van der Waals surface area contributed by atoms with Gasteiger partial charge in [-0.1, -0.05) is 11.6 Å². The lowest BCUT2D eigenvalue weighted by Crippen LogP contribution is -2.15. The smallest absolute Gasteiger partial charge is 0.411 e. The van der Waals surface area contributed by atoms with Gasteiger partial charge in [-0.05, 0) is 26.0 Å². The zero-order chi connectivity index (χ0) is 12.1. The van der Waals surface area contributed by atoms with Gasteiger partial charge < -0.3 is 4.74 Å². The summed E-state index contributed by atoms with van der Waals surface area (Å²) in [5, 5.41) is 2.10. The van der Waals surface area contributed by atoms with Crippen LogP contribution in [0.2, 0.25) is 0 Å². The van der Waals surface area contributed by atoms with Crippen LogP contribution in [0.3, 0.4) is 0 Å². The number of hydrogen-bond acceptors (Lipinski definition) is 3. The summed E-state index contributed by atoms with van der Waals surface area (Å²) in [5.74, 6) is 0. The molecule has 0 saturated carbocycles. The summed E-state index contributed by atoms with van der Waals surface area (Å²) < 4.78 is 4.72. The van der Waals surface area contributed by atoms with Gasteiger partial charge in [0.1, 0.15) is 0 Å². The molecule has 0 atom stereocenters. The number of aryl methyl sites for hydroxylation is 1. The van der Waals surface area contributed by atoms with Crippen LogP contribution in [0.1, 0.15) is 22.8 Å².